The molecule has 8 heteroatoms. The van der Waals surface area contributed by atoms with Gasteiger partial charge in [-0.05, 0) is 46.7 Å². The topological polar surface area (TPSA) is 90.7 Å². The van der Waals surface area contributed by atoms with Crippen LogP contribution in [0.5, 0.6) is 5.75 Å². The molecular formula is C21H19N3O5. The van der Waals surface area contributed by atoms with Crippen LogP contribution in [-0.2, 0) is 17.9 Å². The molecule has 2 aromatic carbocycles. The van der Waals surface area contributed by atoms with Gasteiger partial charge in [-0.15, -0.1) is 5.10 Å². The maximum atomic E-state index is 12.6. The fourth-order valence-corrected chi connectivity index (χ4v) is 3.02. The Balaban J connectivity index is 1.46. The zero-order chi connectivity index (χ0) is 20.4. The summed E-state index contributed by atoms with van der Waals surface area (Å²) in [5.41, 5.74) is 0.974. The lowest BCUT2D eigenvalue weighted by molar-refractivity contribution is -0.131. The third kappa shape index (κ3) is 3.91. The van der Waals surface area contributed by atoms with E-state index in [2.05, 4.69) is 5.10 Å². The Morgan fingerprint density at radius 1 is 1.17 bits per heavy atom. The van der Waals surface area contributed by atoms with Crippen molar-refractivity contribution in [1.29, 1.82) is 0 Å². The molecule has 0 aliphatic carbocycles. The quantitative estimate of drug-likeness (QED) is 0.500. The lowest BCUT2D eigenvalue weighted by atomic mass is 10.1. The molecule has 4 aromatic rings. The van der Waals surface area contributed by atoms with Crippen LogP contribution >= 0.6 is 0 Å². The van der Waals surface area contributed by atoms with Gasteiger partial charge in [0.1, 0.15) is 12.3 Å². The van der Waals surface area contributed by atoms with Gasteiger partial charge >= 0.3 is 5.76 Å². The Kier molecular flexibility index (Phi) is 4.90. The SMILES string of the molecule is COc1ccc2cc(CN(C)C(=O)Cn3nc(-c4ccco4)oc3=O)ccc2c1. The van der Waals surface area contributed by atoms with E-state index in [4.69, 9.17) is 13.6 Å². The number of nitrogens with zero attached hydrogens (tertiary/aromatic N) is 3. The zero-order valence-corrected chi connectivity index (χ0v) is 16.0. The third-order valence-corrected chi connectivity index (χ3v) is 4.58. The summed E-state index contributed by atoms with van der Waals surface area (Å²) in [7, 11) is 3.31. The van der Waals surface area contributed by atoms with Crippen molar-refractivity contribution in [2.75, 3.05) is 14.2 Å². The zero-order valence-electron chi connectivity index (χ0n) is 16.0. The van der Waals surface area contributed by atoms with Gasteiger partial charge in [-0.25, -0.2) is 4.79 Å². The Morgan fingerprint density at radius 2 is 1.97 bits per heavy atom. The van der Waals surface area contributed by atoms with Crippen LogP contribution in [0.2, 0.25) is 0 Å². The number of hydrogen-bond donors (Lipinski definition) is 0. The average molecular weight is 393 g/mol. The molecule has 0 saturated heterocycles. The van der Waals surface area contributed by atoms with Crippen LogP contribution in [0.15, 0.2) is 68.4 Å². The highest BCUT2D eigenvalue weighted by molar-refractivity contribution is 5.84. The van der Waals surface area contributed by atoms with Crippen LogP contribution in [0, 0.1) is 0 Å². The molecule has 0 spiro atoms. The maximum Gasteiger partial charge on any atom is 0.437 e. The van der Waals surface area contributed by atoms with Crippen molar-refractivity contribution in [2.24, 2.45) is 0 Å². The smallest absolute Gasteiger partial charge is 0.437 e. The molecule has 0 N–H and O–H groups in total. The van der Waals surface area contributed by atoms with E-state index in [0.717, 1.165) is 26.8 Å². The number of benzene rings is 2. The molecule has 148 valence electrons. The van der Waals surface area contributed by atoms with Crippen molar-refractivity contribution in [3.63, 3.8) is 0 Å². The highest BCUT2D eigenvalue weighted by Gasteiger charge is 2.17. The average Bonchev–Trinajstić information content (AvgIpc) is 3.38. The van der Waals surface area contributed by atoms with Gasteiger partial charge in [0, 0.05) is 13.6 Å². The number of carbonyl (C=O) groups is 1. The normalized spacial score (nSPS) is 11.0. The van der Waals surface area contributed by atoms with Gasteiger partial charge in [0.2, 0.25) is 5.91 Å². The van der Waals surface area contributed by atoms with Gasteiger partial charge in [0.05, 0.1) is 13.4 Å². The van der Waals surface area contributed by atoms with Crippen molar-refractivity contribution < 1.29 is 18.4 Å². The minimum atomic E-state index is -0.710. The summed E-state index contributed by atoms with van der Waals surface area (Å²) in [6.45, 7) is 0.183. The number of likely N-dealkylation sites (N-methyl/N-ethyl adjacent to an activating group) is 1. The predicted octanol–water partition coefficient (Wildman–Crippen LogP) is 2.92. The summed E-state index contributed by atoms with van der Waals surface area (Å²) in [6.07, 6.45) is 1.45. The first-order valence-corrected chi connectivity index (χ1v) is 8.96. The van der Waals surface area contributed by atoms with Crippen molar-refractivity contribution in [2.45, 2.75) is 13.1 Å². The summed E-state index contributed by atoms with van der Waals surface area (Å²) in [4.78, 5) is 26.1. The highest BCUT2D eigenvalue weighted by atomic mass is 16.5. The summed E-state index contributed by atoms with van der Waals surface area (Å²) in [6, 6.07) is 15.1. The molecule has 2 heterocycles. The summed E-state index contributed by atoms with van der Waals surface area (Å²) < 4.78 is 16.4. The molecule has 0 unspecified atom stereocenters. The van der Waals surface area contributed by atoms with Gasteiger partial charge in [0.15, 0.2) is 5.76 Å². The van der Waals surface area contributed by atoms with Crippen molar-refractivity contribution in [3.05, 3.63) is 70.9 Å². The molecule has 29 heavy (non-hydrogen) atoms. The second-order valence-electron chi connectivity index (χ2n) is 6.61. The van der Waals surface area contributed by atoms with Crippen LogP contribution in [0.3, 0.4) is 0 Å². The molecule has 0 bridgehead atoms. The second kappa shape index (κ2) is 7.67. The van der Waals surface area contributed by atoms with Crippen LogP contribution in [0.1, 0.15) is 5.56 Å². The van der Waals surface area contributed by atoms with Crippen LogP contribution < -0.4 is 10.5 Å². The number of aromatic nitrogens is 2. The number of hydrogen-bond acceptors (Lipinski definition) is 6. The second-order valence-corrected chi connectivity index (χ2v) is 6.61. The Hall–Kier alpha value is -3.81. The lowest BCUT2D eigenvalue weighted by Gasteiger charge is -2.17. The van der Waals surface area contributed by atoms with Gasteiger partial charge < -0.3 is 18.5 Å². The first-order valence-electron chi connectivity index (χ1n) is 8.96. The van der Waals surface area contributed by atoms with E-state index in [1.165, 1.54) is 6.26 Å². The van der Waals surface area contributed by atoms with Crippen molar-refractivity contribution >= 4 is 16.7 Å². The first kappa shape index (κ1) is 18.5. The van der Waals surface area contributed by atoms with E-state index >= 15 is 0 Å². The van der Waals surface area contributed by atoms with E-state index in [9.17, 15) is 9.59 Å². The molecule has 0 aliphatic heterocycles. The minimum Gasteiger partial charge on any atom is -0.497 e. The molecule has 2 aromatic heterocycles. The van der Waals surface area contributed by atoms with Crippen LogP contribution in [0.25, 0.3) is 22.4 Å². The number of furan rings is 1. The number of rotatable bonds is 6. The highest BCUT2D eigenvalue weighted by Crippen LogP contribution is 2.22. The van der Waals surface area contributed by atoms with Gasteiger partial charge in [0.25, 0.3) is 5.89 Å². The van der Waals surface area contributed by atoms with E-state index < -0.39 is 5.76 Å². The molecule has 0 saturated carbocycles. The number of ether oxygens (including phenoxy) is 1. The number of amides is 1. The predicted molar refractivity (Wildman–Crippen MR) is 105 cm³/mol. The first-order chi connectivity index (χ1) is 14.0. The van der Waals surface area contributed by atoms with E-state index in [-0.39, 0.29) is 18.3 Å². The fraction of sp³-hybridized carbons (Fsp3) is 0.190. The van der Waals surface area contributed by atoms with Crippen molar-refractivity contribution in [3.8, 4) is 17.4 Å². The molecule has 0 radical (unpaired) electrons. The van der Waals surface area contributed by atoms with Gasteiger partial charge in [-0.1, -0.05) is 18.2 Å². The largest absolute Gasteiger partial charge is 0.497 e. The summed E-state index contributed by atoms with van der Waals surface area (Å²) >= 11 is 0. The molecule has 0 fully saturated rings. The van der Waals surface area contributed by atoms with Gasteiger partial charge in [-0.3, -0.25) is 4.79 Å². The molecule has 4 rings (SSSR count). The Morgan fingerprint density at radius 3 is 2.72 bits per heavy atom. The maximum absolute atomic E-state index is 12.6. The summed E-state index contributed by atoms with van der Waals surface area (Å²) in [5.74, 6) is 0.193. The Bertz CT molecular complexity index is 1210. The standard InChI is InChI=1S/C21H19N3O5/c1-23(12-14-5-6-16-11-17(27-2)8-7-15(16)10-14)19(25)13-24-21(26)29-20(22-24)18-4-3-9-28-18/h3-11H,12-13H2,1-2H3. The fourth-order valence-electron chi connectivity index (χ4n) is 3.02. The number of methoxy groups -OCH3 is 1. The molecule has 8 nitrogen and oxygen atoms in total. The van der Waals surface area contributed by atoms with E-state index in [1.807, 2.05) is 36.4 Å². The van der Waals surface area contributed by atoms with E-state index in [1.54, 1.807) is 31.2 Å². The molecular weight excluding hydrogens is 374 g/mol. The van der Waals surface area contributed by atoms with Crippen LogP contribution in [-0.4, -0.2) is 34.7 Å². The number of carbonyl (C=O) groups excluding carboxylic acids is 1. The number of fused-ring (bicyclic) bond motifs is 1. The van der Waals surface area contributed by atoms with E-state index in [0.29, 0.717) is 12.3 Å². The minimum absolute atomic E-state index is 0.0420. The van der Waals surface area contributed by atoms with Gasteiger partial charge in [-0.2, -0.15) is 4.68 Å². The Labute approximate surface area is 165 Å². The van der Waals surface area contributed by atoms with Crippen LogP contribution in [0.4, 0.5) is 0 Å². The molecule has 0 atom stereocenters. The van der Waals surface area contributed by atoms with Crippen molar-refractivity contribution in [1.82, 2.24) is 14.7 Å². The molecule has 0 aliphatic rings. The lowest BCUT2D eigenvalue weighted by Crippen LogP contribution is -2.33. The summed E-state index contributed by atoms with van der Waals surface area (Å²) in [5, 5.41) is 6.14. The third-order valence-electron chi connectivity index (χ3n) is 4.58. The molecule has 1 amide bonds. The monoisotopic (exact) mass is 393 g/mol.